The van der Waals surface area contributed by atoms with Crippen molar-refractivity contribution < 1.29 is 0 Å². The molecule has 0 unspecified atom stereocenters. The molecule has 0 saturated heterocycles. The summed E-state index contributed by atoms with van der Waals surface area (Å²) in [5.41, 5.74) is 1.77. The predicted molar refractivity (Wildman–Crippen MR) is 39.6 cm³/mol. The molecule has 2 aromatic heterocycles. The summed E-state index contributed by atoms with van der Waals surface area (Å²) < 4.78 is 0. The van der Waals surface area contributed by atoms with Gasteiger partial charge in [0.2, 0.25) is 0 Å². The molecule has 2 heterocycles. The fourth-order valence-electron chi connectivity index (χ4n) is 0.874. The number of rotatable bonds is 1. The van der Waals surface area contributed by atoms with Crippen LogP contribution in [0.15, 0.2) is 30.6 Å². The Morgan fingerprint density at radius 3 is 2.91 bits per heavy atom. The highest BCUT2D eigenvalue weighted by Gasteiger charge is 1.96. The molecule has 0 atom stereocenters. The van der Waals surface area contributed by atoms with Gasteiger partial charge in [0.25, 0.3) is 0 Å². The number of hydrogen-bond donors (Lipinski definition) is 1. The summed E-state index contributed by atoms with van der Waals surface area (Å²) in [6.45, 7) is 0. The molecular weight excluding hydrogens is 140 g/mol. The van der Waals surface area contributed by atoms with Gasteiger partial charge in [-0.15, -0.1) is 10.2 Å². The molecule has 0 spiro atoms. The van der Waals surface area contributed by atoms with Gasteiger partial charge in [0.15, 0.2) is 0 Å². The van der Waals surface area contributed by atoms with E-state index in [4.69, 9.17) is 0 Å². The third kappa shape index (κ3) is 1.10. The lowest BCUT2D eigenvalue weighted by Crippen LogP contribution is -1.88. The van der Waals surface area contributed by atoms with Gasteiger partial charge in [-0.1, -0.05) is 0 Å². The van der Waals surface area contributed by atoms with Crippen LogP contribution in [-0.2, 0) is 0 Å². The SMILES string of the molecule is c1c[nH]c(-c2ccnnn2)c1. The average Bonchev–Trinajstić information content (AvgIpc) is 2.58. The second-order valence-electron chi connectivity index (χ2n) is 2.09. The molecular formula is C7H6N4. The van der Waals surface area contributed by atoms with Gasteiger partial charge >= 0.3 is 0 Å². The summed E-state index contributed by atoms with van der Waals surface area (Å²) in [4.78, 5) is 3.02. The smallest absolute Gasteiger partial charge is 0.112 e. The normalized spacial score (nSPS) is 9.82. The third-order valence-corrected chi connectivity index (χ3v) is 1.38. The van der Waals surface area contributed by atoms with Gasteiger partial charge in [0, 0.05) is 6.20 Å². The Balaban J connectivity index is 2.46. The van der Waals surface area contributed by atoms with Crippen molar-refractivity contribution in [2.45, 2.75) is 0 Å². The lowest BCUT2D eigenvalue weighted by Gasteiger charge is -1.90. The fraction of sp³-hybridized carbons (Fsp3) is 0. The van der Waals surface area contributed by atoms with E-state index in [9.17, 15) is 0 Å². The first-order chi connectivity index (χ1) is 5.47. The minimum Gasteiger partial charge on any atom is -0.360 e. The highest BCUT2D eigenvalue weighted by atomic mass is 15.3. The van der Waals surface area contributed by atoms with E-state index in [1.54, 1.807) is 12.3 Å². The summed E-state index contributed by atoms with van der Waals surface area (Å²) in [6.07, 6.45) is 3.46. The maximum atomic E-state index is 3.83. The molecule has 0 aliphatic rings. The predicted octanol–water partition coefficient (Wildman–Crippen LogP) is 0.867. The molecule has 0 saturated carbocycles. The Bertz CT molecular complexity index is 313. The Morgan fingerprint density at radius 1 is 1.27 bits per heavy atom. The van der Waals surface area contributed by atoms with Crippen molar-refractivity contribution in [2.75, 3.05) is 0 Å². The first-order valence-corrected chi connectivity index (χ1v) is 3.25. The van der Waals surface area contributed by atoms with Crippen LogP contribution in [0.3, 0.4) is 0 Å². The van der Waals surface area contributed by atoms with Crippen LogP contribution in [0.4, 0.5) is 0 Å². The van der Waals surface area contributed by atoms with Crippen LogP contribution in [0.5, 0.6) is 0 Å². The molecule has 2 rings (SSSR count). The van der Waals surface area contributed by atoms with Crippen LogP contribution in [0, 0.1) is 0 Å². The maximum absolute atomic E-state index is 3.83. The Hall–Kier alpha value is -1.71. The van der Waals surface area contributed by atoms with Crippen LogP contribution in [-0.4, -0.2) is 20.4 Å². The van der Waals surface area contributed by atoms with Gasteiger partial charge in [0.05, 0.1) is 11.9 Å². The molecule has 0 aliphatic carbocycles. The molecule has 0 fully saturated rings. The van der Waals surface area contributed by atoms with Crippen molar-refractivity contribution in [1.29, 1.82) is 0 Å². The van der Waals surface area contributed by atoms with Gasteiger partial charge in [-0.25, -0.2) is 0 Å². The average molecular weight is 146 g/mol. The van der Waals surface area contributed by atoms with E-state index >= 15 is 0 Å². The summed E-state index contributed by atoms with van der Waals surface area (Å²) in [5.74, 6) is 0. The number of nitrogens with zero attached hydrogens (tertiary/aromatic N) is 3. The minimum atomic E-state index is 0.810. The minimum absolute atomic E-state index is 0.810. The summed E-state index contributed by atoms with van der Waals surface area (Å²) in [5, 5.41) is 10.9. The molecule has 0 aliphatic heterocycles. The summed E-state index contributed by atoms with van der Waals surface area (Å²) in [6, 6.07) is 5.65. The zero-order valence-corrected chi connectivity index (χ0v) is 5.73. The van der Waals surface area contributed by atoms with Crippen molar-refractivity contribution >= 4 is 0 Å². The van der Waals surface area contributed by atoms with Gasteiger partial charge in [-0.2, -0.15) is 0 Å². The first kappa shape index (κ1) is 6.03. The van der Waals surface area contributed by atoms with Crippen LogP contribution in [0.1, 0.15) is 0 Å². The molecule has 0 radical (unpaired) electrons. The second-order valence-corrected chi connectivity index (χ2v) is 2.09. The van der Waals surface area contributed by atoms with Gasteiger partial charge in [0.1, 0.15) is 5.69 Å². The maximum Gasteiger partial charge on any atom is 0.112 e. The lowest BCUT2D eigenvalue weighted by molar-refractivity contribution is 0.868. The van der Waals surface area contributed by atoms with Gasteiger partial charge < -0.3 is 4.98 Å². The molecule has 4 heteroatoms. The van der Waals surface area contributed by atoms with E-state index in [1.165, 1.54) is 0 Å². The van der Waals surface area contributed by atoms with Crippen molar-refractivity contribution in [3.63, 3.8) is 0 Å². The Morgan fingerprint density at radius 2 is 2.27 bits per heavy atom. The number of H-pyrrole nitrogens is 1. The highest BCUT2D eigenvalue weighted by Crippen LogP contribution is 2.10. The molecule has 54 valence electrons. The van der Waals surface area contributed by atoms with Crippen LogP contribution < -0.4 is 0 Å². The van der Waals surface area contributed by atoms with E-state index < -0.39 is 0 Å². The number of nitrogens with one attached hydrogen (secondary N) is 1. The molecule has 0 aromatic carbocycles. The molecule has 11 heavy (non-hydrogen) atoms. The zero-order chi connectivity index (χ0) is 7.52. The lowest BCUT2D eigenvalue weighted by atomic mass is 10.3. The second kappa shape index (κ2) is 2.49. The zero-order valence-electron chi connectivity index (χ0n) is 5.73. The van der Waals surface area contributed by atoms with Crippen molar-refractivity contribution in [1.82, 2.24) is 20.4 Å². The topological polar surface area (TPSA) is 54.5 Å². The van der Waals surface area contributed by atoms with E-state index in [1.807, 2.05) is 18.3 Å². The fourth-order valence-corrected chi connectivity index (χ4v) is 0.874. The molecule has 4 nitrogen and oxygen atoms in total. The number of aromatic nitrogens is 4. The Kier molecular flexibility index (Phi) is 1.37. The Labute approximate surface area is 63.3 Å². The van der Waals surface area contributed by atoms with Crippen molar-refractivity contribution in [3.8, 4) is 11.4 Å². The third-order valence-electron chi connectivity index (χ3n) is 1.38. The van der Waals surface area contributed by atoms with Gasteiger partial charge in [-0.05, 0) is 23.4 Å². The first-order valence-electron chi connectivity index (χ1n) is 3.25. The standard InChI is InChI=1S/C7H6N4/c1-2-6(8-4-1)7-3-5-9-11-10-7/h1-5,8H. The van der Waals surface area contributed by atoms with Crippen LogP contribution in [0.25, 0.3) is 11.4 Å². The van der Waals surface area contributed by atoms with E-state index in [0.29, 0.717) is 0 Å². The van der Waals surface area contributed by atoms with Gasteiger partial charge in [-0.3, -0.25) is 0 Å². The monoisotopic (exact) mass is 146 g/mol. The molecule has 2 aromatic rings. The number of hydrogen-bond acceptors (Lipinski definition) is 3. The molecule has 0 bridgehead atoms. The summed E-state index contributed by atoms with van der Waals surface area (Å²) >= 11 is 0. The highest BCUT2D eigenvalue weighted by molar-refractivity contribution is 5.52. The van der Waals surface area contributed by atoms with Crippen LogP contribution in [0.2, 0.25) is 0 Å². The quantitative estimate of drug-likeness (QED) is 0.649. The largest absolute Gasteiger partial charge is 0.360 e. The number of aromatic amines is 1. The summed E-state index contributed by atoms with van der Waals surface area (Å²) in [7, 11) is 0. The van der Waals surface area contributed by atoms with E-state index in [2.05, 4.69) is 20.4 Å². The van der Waals surface area contributed by atoms with Crippen molar-refractivity contribution in [3.05, 3.63) is 30.6 Å². The molecule has 1 N–H and O–H groups in total. The van der Waals surface area contributed by atoms with Crippen LogP contribution >= 0.6 is 0 Å². The van der Waals surface area contributed by atoms with E-state index in [0.717, 1.165) is 11.4 Å². The molecule has 0 amide bonds. The van der Waals surface area contributed by atoms with Crippen molar-refractivity contribution in [2.24, 2.45) is 0 Å². The van der Waals surface area contributed by atoms with E-state index in [-0.39, 0.29) is 0 Å².